The first-order valence-electron chi connectivity index (χ1n) is 7.45. The third-order valence-electron chi connectivity index (χ3n) is 3.91. The maximum atomic E-state index is 4.66. The predicted octanol–water partition coefficient (Wildman–Crippen LogP) is 2.60. The molecule has 22 heavy (non-hydrogen) atoms. The first-order valence-corrected chi connectivity index (χ1v) is 8.95. The topological polar surface area (TPSA) is 25.8 Å². The van der Waals surface area contributed by atoms with Crippen LogP contribution in [0.4, 0.5) is 0 Å². The van der Waals surface area contributed by atoms with Crippen LogP contribution in [0.2, 0.25) is 0 Å². The van der Waals surface area contributed by atoms with E-state index in [9.17, 15) is 0 Å². The maximum absolute atomic E-state index is 4.66. The molecule has 0 spiro atoms. The highest BCUT2D eigenvalue weighted by Gasteiger charge is 2.37. The number of hydrogen-bond acceptors (Lipinski definition) is 2. The van der Waals surface area contributed by atoms with Crippen molar-refractivity contribution in [3.05, 3.63) is 84.8 Å². The maximum Gasteiger partial charge on any atom is 0.157 e. The fourth-order valence-corrected chi connectivity index (χ4v) is 5.86. The van der Waals surface area contributed by atoms with E-state index >= 15 is 0 Å². The third-order valence-corrected chi connectivity index (χ3v) is 7.14. The van der Waals surface area contributed by atoms with Crippen molar-refractivity contribution in [3.8, 4) is 0 Å². The molecule has 0 saturated carbocycles. The number of aromatic nitrogens is 2. The lowest BCUT2D eigenvalue weighted by molar-refractivity contribution is 0.713. The lowest BCUT2D eigenvalue weighted by Crippen LogP contribution is -2.57. The van der Waals surface area contributed by atoms with Crippen LogP contribution in [0, 0.1) is 0 Å². The molecule has 1 radical (unpaired) electrons. The molecule has 2 aromatic heterocycles. The summed E-state index contributed by atoms with van der Waals surface area (Å²) < 4.78 is 0. The molecule has 1 aromatic carbocycles. The Morgan fingerprint density at radius 1 is 0.727 bits per heavy atom. The van der Waals surface area contributed by atoms with Gasteiger partial charge in [-0.1, -0.05) is 61.5 Å². The van der Waals surface area contributed by atoms with Gasteiger partial charge in [-0.2, -0.15) is 0 Å². The zero-order valence-corrected chi connectivity index (χ0v) is 13.9. The summed E-state index contributed by atoms with van der Waals surface area (Å²) in [5.74, 6) is 0. The number of pyridine rings is 2. The Balaban J connectivity index is 2.14. The molecule has 0 amide bonds. The molecule has 0 fully saturated rings. The minimum absolute atomic E-state index is 0.0539. The van der Waals surface area contributed by atoms with Gasteiger partial charge in [0.05, 0.1) is 0 Å². The molecule has 0 aliphatic heterocycles. The molecule has 0 atom stereocenters. The molecule has 2 heterocycles. The summed E-state index contributed by atoms with van der Waals surface area (Å²) in [5.41, 5.74) is 1.12. The van der Waals surface area contributed by atoms with E-state index in [1.54, 1.807) is 0 Å². The van der Waals surface area contributed by atoms with E-state index in [0.717, 1.165) is 5.69 Å². The highest BCUT2D eigenvalue weighted by Crippen LogP contribution is 2.24. The van der Waals surface area contributed by atoms with Gasteiger partial charge < -0.3 is 0 Å². The van der Waals surface area contributed by atoms with E-state index < -0.39 is 8.80 Å². The van der Waals surface area contributed by atoms with Gasteiger partial charge in [-0.05, 0) is 24.3 Å². The lowest BCUT2D eigenvalue weighted by atomic mass is 10.1. The Morgan fingerprint density at radius 3 is 1.95 bits per heavy atom. The van der Waals surface area contributed by atoms with Crippen LogP contribution in [-0.4, -0.2) is 18.8 Å². The van der Waals surface area contributed by atoms with Crippen LogP contribution < -0.4 is 10.5 Å². The van der Waals surface area contributed by atoms with Crippen LogP contribution in [0.15, 0.2) is 79.1 Å². The van der Waals surface area contributed by atoms with Crippen molar-refractivity contribution in [1.82, 2.24) is 9.97 Å². The van der Waals surface area contributed by atoms with Crippen LogP contribution >= 0.6 is 0 Å². The highest BCUT2D eigenvalue weighted by molar-refractivity contribution is 6.86. The summed E-state index contributed by atoms with van der Waals surface area (Å²) >= 11 is 0. The molecular weight excluding hydrogens is 284 g/mol. The fourth-order valence-electron chi connectivity index (χ4n) is 2.80. The van der Waals surface area contributed by atoms with Gasteiger partial charge in [0.1, 0.15) is 0 Å². The Bertz CT molecular complexity index is 673. The predicted molar refractivity (Wildman–Crippen MR) is 93.0 cm³/mol. The Morgan fingerprint density at radius 2 is 1.36 bits per heavy atom. The summed E-state index contributed by atoms with van der Waals surface area (Å²) in [4.78, 5) is 9.28. The summed E-state index contributed by atoms with van der Waals surface area (Å²) in [5, 5.41) is 2.48. The van der Waals surface area contributed by atoms with Crippen LogP contribution in [0.5, 0.6) is 0 Å². The van der Waals surface area contributed by atoms with Crippen LogP contribution in [0.3, 0.4) is 0 Å². The number of rotatable bonds is 4. The average molecular weight is 303 g/mol. The SMILES string of the molecule is CC(C)(c1ccccn1)[Si](c1ccccc1)c1ccccn1. The second-order valence-electron chi connectivity index (χ2n) is 5.80. The minimum Gasteiger partial charge on any atom is -0.266 e. The van der Waals surface area contributed by atoms with Crippen LogP contribution in [0.1, 0.15) is 19.5 Å². The molecule has 3 heteroatoms. The molecule has 0 aliphatic rings. The zero-order valence-electron chi connectivity index (χ0n) is 12.9. The van der Waals surface area contributed by atoms with Gasteiger partial charge in [0, 0.05) is 28.4 Å². The van der Waals surface area contributed by atoms with E-state index in [0.29, 0.717) is 0 Å². The van der Waals surface area contributed by atoms with Gasteiger partial charge in [0.15, 0.2) is 8.80 Å². The fraction of sp³-hybridized carbons (Fsp3) is 0.158. The van der Waals surface area contributed by atoms with Crippen LogP contribution in [-0.2, 0) is 5.04 Å². The van der Waals surface area contributed by atoms with Gasteiger partial charge in [-0.25, -0.2) is 0 Å². The normalized spacial score (nSPS) is 11.6. The smallest absolute Gasteiger partial charge is 0.157 e. The summed E-state index contributed by atoms with van der Waals surface area (Å²) in [6.07, 6.45) is 3.76. The summed E-state index contributed by atoms with van der Waals surface area (Å²) in [6.45, 7) is 4.57. The average Bonchev–Trinajstić information content (AvgIpc) is 2.58. The number of hydrogen-bond donors (Lipinski definition) is 0. The van der Waals surface area contributed by atoms with Crippen molar-refractivity contribution in [3.63, 3.8) is 0 Å². The third kappa shape index (κ3) is 2.85. The Kier molecular flexibility index (Phi) is 4.16. The van der Waals surface area contributed by atoms with E-state index in [1.165, 1.54) is 10.5 Å². The first-order chi connectivity index (χ1) is 10.7. The largest absolute Gasteiger partial charge is 0.266 e. The molecule has 0 aliphatic carbocycles. The zero-order chi connectivity index (χ0) is 15.4. The van der Waals surface area contributed by atoms with Gasteiger partial charge in [-0.15, -0.1) is 0 Å². The molecule has 3 rings (SSSR count). The molecule has 0 saturated heterocycles. The standard InChI is InChI=1S/C19H19N2Si/c1-19(2,17-12-6-8-14-20-17)22(16-10-4-3-5-11-16)18-13-7-9-15-21-18/h3-15H,1-2H3. The highest BCUT2D eigenvalue weighted by atomic mass is 28.3. The molecule has 0 bridgehead atoms. The van der Waals surface area contributed by atoms with Crippen molar-refractivity contribution < 1.29 is 0 Å². The molecule has 0 N–H and O–H groups in total. The number of nitrogens with zero attached hydrogens (tertiary/aromatic N) is 2. The lowest BCUT2D eigenvalue weighted by Gasteiger charge is -2.32. The quantitative estimate of drug-likeness (QED) is 0.692. The molecule has 3 aromatic rings. The van der Waals surface area contributed by atoms with Gasteiger partial charge in [-0.3, -0.25) is 9.97 Å². The second-order valence-corrected chi connectivity index (χ2v) is 8.89. The van der Waals surface area contributed by atoms with E-state index in [1.807, 2.05) is 24.5 Å². The van der Waals surface area contributed by atoms with Crippen molar-refractivity contribution in [2.45, 2.75) is 18.9 Å². The monoisotopic (exact) mass is 303 g/mol. The van der Waals surface area contributed by atoms with Crippen molar-refractivity contribution >= 4 is 19.3 Å². The Hall–Kier alpha value is -2.26. The molecule has 109 valence electrons. The van der Waals surface area contributed by atoms with Gasteiger partial charge in [0.2, 0.25) is 0 Å². The minimum atomic E-state index is -1.10. The second kappa shape index (κ2) is 6.24. The molecule has 2 nitrogen and oxygen atoms in total. The summed E-state index contributed by atoms with van der Waals surface area (Å²) in [7, 11) is -1.10. The summed E-state index contributed by atoms with van der Waals surface area (Å²) in [6, 6.07) is 23.1. The van der Waals surface area contributed by atoms with Gasteiger partial charge in [0.25, 0.3) is 0 Å². The van der Waals surface area contributed by atoms with Crippen molar-refractivity contribution in [2.75, 3.05) is 0 Å². The van der Waals surface area contributed by atoms with E-state index in [2.05, 4.69) is 78.4 Å². The number of benzene rings is 1. The van der Waals surface area contributed by atoms with E-state index in [-0.39, 0.29) is 5.04 Å². The molecule has 0 unspecified atom stereocenters. The van der Waals surface area contributed by atoms with Gasteiger partial charge >= 0.3 is 0 Å². The molecular formula is C19H19N2Si. The van der Waals surface area contributed by atoms with Crippen molar-refractivity contribution in [2.24, 2.45) is 0 Å². The first kappa shape index (κ1) is 14.7. The van der Waals surface area contributed by atoms with E-state index in [4.69, 9.17) is 0 Å². The van der Waals surface area contributed by atoms with Crippen LogP contribution in [0.25, 0.3) is 0 Å². The van der Waals surface area contributed by atoms with Crippen molar-refractivity contribution in [1.29, 1.82) is 0 Å². The Labute approximate surface area is 133 Å².